The summed E-state index contributed by atoms with van der Waals surface area (Å²) < 4.78 is 40.8. The van der Waals surface area contributed by atoms with E-state index in [0.717, 1.165) is 40.0 Å². The Labute approximate surface area is 158 Å². The van der Waals surface area contributed by atoms with Crippen LogP contribution in [0.15, 0.2) is 53.3 Å². The molecule has 0 aliphatic carbocycles. The van der Waals surface area contributed by atoms with Gasteiger partial charge in [0.2, 0.25) is 0 Å². The van der Waals surface area contributed by atoms with Crippen molar-refractivity contribution in [1.82, 2.24) is 14.5 Å². The molecular formula is C21H16F3N3O. The Morgan fingerprint density at radius 2 is 1.79 bits per heavy atom. The SMILES string of the molecule is CCn1c2ccccc2c2cc(C=Cc3cc(C(F)(F)F)[nH]c(=O)n3)ccc21. The Hall–Kier alpha value is -3.35. The van der Waals surface area contributed by atoms with E-state index in [1.165, 1.54) is 6.08 Å². The Balaban J connectivity index is 1.78. The van der Waals surface area contributed by atoms with Crippen molar-refractivity contribution in [3.05, 3.63) is 76.0 Å². The largest absolute Gasteiger partial charge is 0.431 e. The minimum atomic E-state index is -4.63. The summed E-state index contributed by atoms with van der Waals surface area (Å²) in [5.74, 6) is 0. The predicted molar refractivity (Wildman–Crippen MR) is 104 cm³/mol. The summed E-state index contributed by atoms with van der Waals surface area (Å²) in [5.41, 5.74) is 0.834. The van der Waals surface area contributed by atoms with Gasteiger partial charge in [-0.25, -0.2) is 4.79 Å². The molecule has 2 aromatic heterocycles. The maximum Gasteiger partial charge on any atom is 0.431 e. The van der Waals surface area contributed by atoms with Crippen molar-refractivity contribution in [2.45, 2.75) is 19.6 Å². The van der Waals surface area contributed by atoms with Gasteiger partial charge in [-0.2, -0.15) is 18.2 Å². The number of rotatable bonds is 3. The first-order valence-corrected chi connectivity index (χ1v) is 8.74. The van der Waals surface area contributed by atoms with Crippen LogP contribution < -0.4 is 5.69 Å². The van der Waals surface area contributed by atoms with Crippen LogP contribution in [0.4, 0.5) is 13.2 Å². The van der Waals surface area contributed by atoms with Crippen molar-refractivity contribution < 1.29 is 13.2 Å². The summed E-state index contributed by atoms with van der Waals surface area (Å²) in [4.78, 5) is 16.7. The number of aryl methyl sites for hydroxylation is 1. The summed E-state index contributed by atoms with van der Waals surface area (Å²) >= 11 is 0. The lowest BCUT2D eigenvalue weighted by Gasteiger charge is -2.05. The van der Waals surface area contributed by atoms with Gasteiger partial charge in [0, 0.05) is 28.4 Å². The molecule has 142 valence electrons. The molecule has 4 rings (SSSR count). The number of aromatic amines is 1. The number of hydrogen-bond acceptors (Lipinski definition) is 2. The van der Waals surface area contributed by atoms with Crippen LogP contribution in [0.1, 0.15) is 23.9 Å². The van der Waals surface area contributed by atoms with Crippen LogP contribution in [0.3, 0.4) is 0 Å². The van der Waals surface area contributed by atoms with Crippen LogP contribution in [0, 0.1) is 0 Å². The minimum absolute atomic E-state index is 0.0489. The predicted octanol–water partition coefficient (Wildman–Crippen LogP) is 5.09. The maximum atomic E-state index is 12.8. The summed E-state index contributed by atoms with van der Waals surface area (Å²) in [6.07, 6.45) is -1.57. The van der Waals surface area contributed by atoms with Crippen molar-refractivity contribution in [3.8, 4) is 0 Å². The van der Waals surface area contributed by atoms with Gasteiger partial charge in [-0.3, -0.25) is 0 Å². The van der Waals surface area contributed by atoms with Gasteiger partial charge in [0.25, 0.3) is 0 Å². The zero-order valence-corrected chi connectivity index (χ0v) is 14.9. The van der Waals surface area contributed by atoms with Crippen molar-refractivity contribution in [2.24, 2.45) is 0 Å². The standard InChI is InChI=1S/C21H16F3N3O/c1-2-27-17-6-4-3-5-15(17)16-11-13(8-10-18(16)27)7-9-14-12-19(21(22,23)24)26-20(28)25-14/h3-12H,2H2,1H3,(H,25,26,28). The lowest BCUT2D eigenvalue weighted by molar-refractivity contribution is -0.141. The van der Waals surface area contributed by atoms with E-state index in [1.54, 1.807) is 11.1 Å². The van der Waals surface area contributed by atoms with Gasteiger partial charge in [0.05, 0.1) is 5.69 Å². The molecule has 0 radical (unpaired) electrons. The van der Waals surface area contributed by atoms with Gasteiger partial charge in [0.1, 0.15) is 5.69 Å². The smallest absolute Gasteiger partial charge is 0.341 e. The molecule has 28 heavy (non-hydrogen) atoms. The molecule has 7 heteroatoms. The molecule has 0 unspecified atom stereocenters. The van der Waals surface area contributed by atoms with Crippen LogP contribution >= 0.6 is 0 Å². The zero-order valence-electron chi connectivity index (χ0n) is 14.9. The van der Waals surface area contributed by atoms with Gasteiger partial charge >= 0.3 is 11.9 Å². The number of hydrogen-bond donors (Lipinski definition) is 1. The molecule has 0 saturated heterocycles. The normalized spacial score (nSPS) is 12.4. The van der Waals surface area contributed by atoms with Gasteiger partial charge in [-0.05, 0) is 42.8 Å². The Morgan fingerprint density at radius 1 is 1.04 bits per heavy atom. The number of aromatic nitrogens is 3. The zero-order chi connectivity index (χ0) is 19.9. The maximum absolute atomic E-state index is 12.8. The second-order valence-electron chi connectivity index (χ2n) is 6.39. The molecule has 2 heterocycles. The molecule has 0 amide bonds. The Kier molecular flexibility index (Phi) is 4.30. The van der Waals surface area contributed by atoms with Crippen LogP contribution in [-0.4, -0.2) is 14.5 Å². The number of H-pyrrole nitrogens is 1. The molecule has 4 nitrogen and oxygen atoms in total. The highest BCUT2D eigenvalue weighted by molar-refractivity contribution is 6.08. The first-order valence-electron chi connectivity index (χ1n) is 8.74. The first-order chi connectivity index (χ1) is 13.4. The van der Waals surface area contributed by atoms with Crippen LogP contribution in [0.2, 0.25) is 0 Å². The molecule has 0 saturated carbocycles. The lowest BCUT2D eigenvalue weighted by atomic mass is 10.1. The van der Waals surface area contributed by atoms with E-state index in [2.05, 4.69) is 22.5 Å². The highest BCUT2D eigenvalue weighted by atomic mass is 19.4. The molecular weight excluding hydrogens is 367 g/mol. The average Bonchev–Trinajstić information content (AvgIpc) is 2.98. The van der Waals surface area contributed by atoms with E-state index in [9.17, 15) is 18.0 Å². The number of para-hydroxylation sites is 1. The molecule has 1 N–H and O–H groups in total. The number of fused-ring (bicyclic) bond motifs is 3. The average molecular weight is 383 g/mol. The van der Waals surface area contributed by atoms with Gasteiger partial charge in [-0.1, -0.05) is 30.3 Å². The third kappa shape index (κ3) is 3.19. The Bertz CT molecular complexity index is 1270. The number of alkyl halides is 3. The number of halogens is 3. The molecule has 0 aliphatic rings. The molecule has 0 atom stereocenters. The summed E-state index contributed by atoms with van der Waals surface area (Å²) in [7, 11) is 0. The highest BCUT2D eigenvalue weighted by Gasteiger charge is 2.32. The quantitative estimate of drug-likeness (QED) is 0.536. The minimum Gasteiger partial charge on any atom is -0.341 e. The lowest BCUT2D eigenvalue weighted by Crippen LogP contribution is -2.19. The number of benzene rings is 2. The second kappa shape index (κ2) is 6.67. The van der Waals surface area contributed by atoms with E-state index in [0.29, 0.717) is 0 Å². The van der Waals surface area contributed by atoms with Gasteiger partial charge in [-0.15, -0.1) is 0 Å². The van der Waals surface area contributed by atoms with E-state index in [4.69, 9.17) is 0 Å². The van der Waals surface area contributed by atoms with Gasteiger partial charge < -0.3 is 9.55 Å². The second-order valence-corrected chi connectivity index (χ2v) is 6.39. The molecule has 0 aliphatic heterocycles. The van der Waals surface area contributed by atoms with Crippen LogP contribution in [-0.2, 0) is 12.7 Å². The fourth-order valence-corrected chi connectivity index (χ4v) is 3.41. The van der Waals surface area contributed by atoms with E-state index in [-0.39, 0.29) is 5.69 Å². The Morgan fingerprint density at radius 3 is 2.54 bits per heavy atom. The van der Waals surface area contributed by atoms with Crippen LogP contribution in [0.25, 0.3) is 34.0 Å². The van der Waals surface area contributed by atoms with E-state index < -0.39 is 17.6 Å². The van der Waals surface area contributed by atoms with Crippen LogP contribution in [0.5, 0.6) is 0 Å². The molecule has 0 fully saturated rings. The molecule has 4 aromatic rings. The van der Waals surface area contributed by atoms with Crippen molar-refractivity contribution in [1.29, 1.82) is 0 Å². The third-order valence-electron chi connectivity index (χ3n) is 4.63. The van der Waals surface area contributed by atoms with Gasteiger partial charge in [0.15, 0.2) is 0 Å². The number of nitrogens with zero attached hydrogens (tertiary/aromatic N) is 2. The van der Waals surface area contributed by atoms with Crippen molar-refractivity contribution in [2.75, 3.05) is 0 Å². The molecule has 2 aromatic carbocycles. The fraction of sp³-hybridized carbons (Fsp3) is 0.143. The third-order valence-corrected chi connectivity index (χ3v) is 4.63. The van der Waals surface area contributed by atoms with Crippen molar-refractivity contribution >= 4 is 34.0 Å². The monoisotopic (exact) mass is 383 g/mol. The first kappa shape index (κ1) is 18.0. The van der Waals surface area contributed by atoms with E-state index >= 15 is 0 Å². The highest BCUT2D eigenvalue weighted by Crippen LogP contribution is 2.30. The number of nitrogens with one attached hydrogen (secondary N) is 1. The molecule has 0 spiro atoms. The summed E-state index contributed by atoms with van der Waals surface area (Å²) in [6.45, 7) is 2.91. The van der Waals surface area contributed by atoms with E-state index in [1.807, 2.05) is 36.4 Å². The van der Waals surface area contributed by atoms with Crippen molar-refractivity contribution in [3.63, 3.8) is 0 Å². The fourth-order valence-electron chi connectivity index (χ4n) is 3.41. The summed E-state index contributed by atoms with van der Waals surface area (Å²) in [5, 5.41) is 2.18. The molecule has 0 bridgehead atoms. The topological polar surface area (TPSA) is 50.7 Å². The summed E-state index contributed by atoms with van der Waals surface area (Å²) in [6, 6.07) is 14.8.